The third-order valence-corrected chi connectivity index (χ3v) is 1.10. The minimum absolute atomic E-state index is 0.481. The first-order valence-corrected chi connectivity index (χ1v) is 3.66. The van der Waals surface area contributed by atoms with E-state index in [1.807, 2.05) is 18.2 Å². The molecule has 0 saturated heterocycles. The highest BCUT2D eigenvalue weighted by Gasteiger charge is 1.77. The van der Waals surface area contributed by atoms with E-state index in [0.717, 1.165) is 11.8 Å². The number of nitrogens with two attached hydrogens (primary N) is 1. The number of aromatic nitrogens is 1. The summed E-state index contributed by atoms with van der Waals surface area (Å²) in [4.78, 5) is 13.5. The Kier molecular flexibility index (Phi) is 5.80. The maximum absolute atomic E-state index is 9.47. The zero-order chi connectivity index (χ0) is 10.1. The minimum Gasteiger partial charge on any atom is -0.366 e. The highest BCUT2D eigenvalue weighted by atomic mass is 16.1. The second kappa shape index (κ2) is 6.79. The summed E-state index contributed by atoms with van der Waals surface area (Å²) in [7, 11) is 0. The van der Waals surface area contributed by atoms with E-state index in [-0.39, 0.29) is 0 Å². The summed E-state index contributed by atoms with van der Waals surface area (Å²) in [5.74, 6) is -0.481. The zero-order valence-electron chi connectivity index (χ0n) is 7.31. The molecule has 1 rings (SSSR count). The first-order valence-electron chi connectivity index (χ1n) is 3.66. The van der Waals surface area contributed by atoms with Crippen LogP contribution in [-0.4, -0.2) is 10.9 Å². The van der Waals surface area contributed by atoms with Crippen molar-refractivity contribution in [2.75, 3.05) is 0 Å². The van der Waals surface area contributed by atoms with E-state index in [9.17, 15) is 4.79 Å². The van der Waals surface area contributed by atoms with Crippen molar-refractivity contribution in [3.05, 3.63) is 49.3 Å². The second-order valence-electron chi connectivity index (χ2n) is 2.07. The lowest BCUT2D eigenvalue weighted by Crippen LogP contribution is -2.04. The van der Waals surface area contributed by atoms with Crippen LogP contribution in [0.15, 0.2) is 43.6 Å². The van der Waals surface area contributed by atoms with Gasteiger partial charge in [0.2, 0.25) is 5.91 Å². The van der Waals surface area contributed by atoms with Crippen LogP contribution in [0.2, 0.25) is 0 Å². The van der Waals surface area contributed by atoms with E-state index in [1.165, 1.54) is 0 Å². The van der Waals surface area contributed by atoms with Crippen molar-refractivity contribution in [3.63, 3.8) is 0 Å². The van der Waals surface area contributed by atoms with E-state index in [1.54, 1.807) is 12.3 Å². The van der Waals surface area contributed by atoms with Gasteiger partial charge in [0.15, 0.2) is 0 Å². The number of hydrogen-bond acceptors (Lipinski definition) is 2. The molecule has 0 fully saturated rings. The molecule has 2 N–H and O–H groups in total. The summed E-state index contributed by atoms with van der Waals surface area (Å²) in [6.07, 6.45) is 4.52. The van der Waals surface area contributed by atoms with E-state index in [4.69, 9.17) is 0 Å². The molecule has 3 nitrogen and oxygen atoms in total. The van der Waals surface area contributed by atoms with Gasteiger partial charge < -0.3 is 5.73 Å². The van der Waals surface area contributed by atoms with Gasteiger partial charge >= 0.3 is 0 Å². The Balaban J connectivity index is 0.000000252. The Morgan fingerprint density at radius 3 is 2.31 bits per heavy atom. The van der Waals surface area contributed by atoms with Crippen molar-refractivity contribution in [2.24, 2.45) is 5.73 Å². The number of carbonyl (C=O) groups excluding carboxylic acids is 1. The lowest BCUT2D eigenvalue weighted by Gasteiger charge is -1.84. The predicted octanol–water partition coefficient (Wildman–Crippen LogP) is 1.38. The summed E-state index contributed by atoms with van der Waals surface area (Å²) in [6.45, 7) is 6.65. The molecule has 1 aromatic rings. The van der Waals surface area contributed by atoms with Crippen LogP contribution >= 0.6 is 0 Å². The number of pyridine rings is 1. The van der Waals surface area contributed by atoms with Gasteiger partial charge in [-0.3, -0.25) is 9.78 Å². The van der Waals surface area contributed by atoms with Crippen molar-refractivity contribution in [3.8, 4) is 0 Å². The van der Waals surface area contributed by atoms with Crippen molar-refractivity contribution in [1.82, 2.24) is 4.98 Å². The van der Waals surface area contributed by atoms with Gasteiger partial charge in [-0.15, -0.1) is 0 Å². The first-order chi connectivity index (χ1) is 6.20. The molecule has 0 aliphatic rings. The van der Waals surface area contributed by atoms with Crippen molar-refractivity contribution in [1.29, 1.82) is 0 Å². The summed E-state index contributed by atoms with van der Waals surface area (Å²) >= 11 is 0. The van der Waals surface area contributed by atoms with Crippen LogP contribution in [0.3, 0.4) is 0 Å². The largest absolute Gasteiger partial charge is 0.366 e. The first kappa shape index (κ1) is 11.1. The molecule has 13 heavy (non-hydrogen) atoms. The average Bonchev–Trinajstić information content (AvgIpc) is 2.20. The monoisotopic (exact) mass is 176 g/mol. The predicted molar refractivity (Wildman–Crippen MR) is 53.7 cm³/mol. The highest BCUT2D eigenvalue weighted by molar-refractivity contribution is 5.84. The van der Waals surface area contributed by atoms with Crippen LogP contribution in [0, 0.1) is 0 Å². The van der Waals surface area contributed by atoms with Crippen LogP contribution in [0.4, 0.5) is 0 Å². The molecule has 1 amide bonds. The summed E-state index contributed by atoms with van der Waals surface area (Å²) in [6, 6.07) is 5.73. The molecule has 0 bridgehead atoms. The number of carbonyl (C=O) groups is 1. The highest BCUT2D eigenvalue weighted by Crippen LogP contribution is 1.91. The number of amides is 1. The molecule has 0 aliphatic heterocycles. The fraction of sp³-hybridized carbons (Fsp3) is 0. The molecule has 0 saturated carbocycles. The van der Waals surface area contributed by atoms with Gasteiger partial charge in [0.25, 0.3) is 0 Å². The number of primary amides is 1. The Morgan fingerprint density at radius 2 is 2.08 bits per heavy atom. The fourth-order valence-electron chi connectivity index (χ4n) is 0.497. The second-order valence-corrected chi connectivity index (χ2v) is 2.07. The third-order valence-electron chi connectivity index (χ3n) is 1.10. The number of rotatable bonds is 2. The molecule has 0 unspecified atom stereocenters. The van der Waals surface area contributed by atoms with Crippen molar-refractivity contribution >= 4 is 12.0 Å². The van der Waals surface area contributed by atoms with E-state index in [0.29, 0.717) is 0 Å². The molecule has 0 radical (unpaired) electrons. The van der Waals surface area contributed by atoms with E-state index in [2.05, 4.69) is 23.9 Å². The van der Waals surface area contributed by atoms with Gasteiger partial charge in [0.05, 0.1) is 5.69 Å². The molecule has 0 spiro atoms. The topological polar surface area (TPSA) is 56.0 Å². The lowest BCUT2D eigenvalue weighted by atomic mass is 10.4. The summed E-state index contributed by atoms with van der Waals surface area (Å²) in [5.41, 5.74) is 5.46. The van der Waals surface area contributed by atoms with Gasteiger partial charge in [-0.1, -0.05) is 19.2 Å². The molecular formula is C10H12N2O. The van der Waals surface area contributed by atoms with Gasteiger partial charge in [0, 0.05) is 6.20 Å². The Bertz CT molecular complexity index is 280. The standard InChI is InChI=1S/C7H7N.C3H5NO/c1-2-7-5-3-4-6-8-7;1-2-3(4)5/h2-6H,1H2;2H,1H2,(H2,4,5). The maximum Gasteiger partial charge on any atom is 0.240 e. The van der Waals surface area contributed by atoms with Gasteiger partial charge in [0.1, 0.15) is 0 Å². The van der Waals surface area contributed by atoms with Crippen LogP contribution in [-0.2, 0) is 4.79 Å². The Hall–Kier alpha value is -1.90. The molecule has 68 valence electrons. The molecule has 0 aliphatic carbocycles. The number of nitrogens with zero attached hydrogens (tertiary/aromatic N) is 1. The molecule has 1 heterocycles. The molecular weight excluding hydrogens is 164 g/mol. The lowest BCUT2D eigenvalue weighted by molar-refractivity contribution is -0.113. The average molecular weight is 176 g/mol. The fourth-order valence-corrected chi connectivity index (χ4v) is 0.497. The van der Waals surface area contributed by atoms with Crippen molar-refractivity contribution < 1.29 is 4.79 Å². The minimum atomic E-state index is -0.481. The SMILES string of the molecule is C=CC(N)=O.C=Cc1ccccn1. The van der Waals surface area contributed by atoms with Crippen LogP contribution in [0.25, 0.3) is 6.08 Å². The summed E-state index contributed by atoms with van der Waals surface area (Å²) < 4.78 is 0. The summed E-state index contributed by atoms with van der Waals surface area (Å²) in [5, 5.41) is 0. The number of hydrogen-bond donors (Lipinski definition) is 1. The molecule has 3 heteroatoms. The van der Waals surface area contributed by atoms with Crippen molar-refractivity contribution in [2.45, 2.75) is 0 Å². The van der Waals surface area contributed by atoms with Crippen LogP contribution < -0.4 is 5.73 Å². The third kappa shape index (κ3) is 6.50. The van der Waals surface area contributed by atoms with E-state index < -0.39 is 5.91 Å². The molecule has 0 atom stereocenters. The molecule has 0 aromatic carbocycles. The zero-order valence-corrected chi connectivity index (χ0v) is 7.31. The Labute approximate surface area is 77.6 Å². The van der Waals surface area contributed by atoms with Gasteiger partial charge in [-0.25, -0.2) is 0 Å². The quantitative estimate of drug-likeness (QED) is 0.692. The van der Waals surface area contributed by atoms with Crippen LogP contribution in [0.5, 0.6) is 0 Å². The normalized spacial score (nSPS) is 7.69. The van der Waals surface area contributed by atoms with Crippen LogP contribution in [0.1, 0.15) is 5.69 Å². The van der Waals surface area contributed by atoms with E-state index >= 15 is 0 Å². The smallest absolute Gasteiger partial charge is 0.240 e. The van der Waals surface area contributed by atoms with Gasteiger partial charge in [-0.2, -0.15) is 0 Å². The maximum atomic E-state index is 9.47. The Morgan fingerprint density at radius 1 is 1.46 bits per heavy atom. The molecule has 1 aromatic heterocycles. The van der Waals surface area contributed by atoms with Gasteiger partial charge in [-0.05, 0) is 24.3 Å².